The fourth-order valence-electron chi connectivity index (χ4n) is 1.74. The van der Waals surface area contributed by atoms with Crippen LogP contribution in [0, 0.1) is 10.1 Å². The van der Waals surface area contributed by atoms with Crippen LogP contribution in [0.1, 0.15) is 19.2 Å². The molecule has 0 bridgehead atoms. The van der Waals surface area contributed by atoms with E-state index >= 15 is 0 Å². The monoisotopic (exact) mass is 276 g/mol. The molecule has 0 fully saturated rings. The van der Waals surface area contributed by atoms with Crippen molar-refractivity contribution in [2.45, 2.75) is 19.8 Å². The molecular formula is C13H16N4O3. The van der Waals surface area contributed by atoms with Gasteiger partial charge in [0, 0.05) is 24.1 Å². The molecule has 1 aromatic heterocycles. The van der Waals surface area contributed by atoms with E-state index in [-0.39, 0.29) is 5.69 Å². The number of aromatic nitrogens is 2. The summed E-state index contributed by atoms with van der Waals surface area (Å²) in [5, 5.41) is 21.7. The van der Waals surface area contributed by atoms with Crippen molar-refractivity contribution in [3.8, 4) is 11.5 Å². The molecule has 7 heteroatoms. The van der Waals surface area contributed by atoms with Crippen molar-refractivity contribution in [2.75, 3.05) is 13.1 Å². The smallest absolute Gasteiger partial charge is 0.269 e. The summed E-state index contributed by atoms with van der Waals surface area (Å²) in [5.74, 6) is 0.967. The standard InChI is InChI=1S/C13H16N4O3/c1-2-14-9-3-4-12-15-16-13(20-12)10-5-7-11(8-6-10)17(18)19/h5-8,14H,2-4,9H2,1H3. The third-order valence-corrected chi connectivity index (χ3v) is 2.79. The van der Waals surface area contributed by atoms with E-state index in [9.17, 15) is 10.1 Å². The molecule has 0 spiro atoms. The van der Waals surface area contributed by atoms with Gasteiger partial charge in [-0.3, -0.25) is 10.1 Å². The first-order chi connectivity index (χ1) is 9.70. The first-order valence-corrected chi connectivity index (χ1v) is 6.48. The minimum Gasteiger partial charge on any atom is -0.421 e. The number of nitrogens with one attached hydrogen (secondary N) is 1. The molecule has 1 N–H and O–H groups in total. The molecular weight excluding hydrogens is 260 g/mol. The Morgan fingerprint density at radius 2 is 2.05 bits per heavy atom. The zero-order valence-electron chi connectivity index (χ0n) is 11.2. The van der Waals surface area contributed by atoms with E-state index in [1.54, 1.807) is 12.1 Å². The summed E-state index contributed by atoms with van der Waals surface area (Å²) in [6, 6.07) is 6.05. The lowest BCUT2D eigenvalue weighted by Gasteiger charge is -1.98. The lowest BCUT2D eigenvalue weighted by atomic mass is 10.2. The van der Waals surface area contributed by atoms with Crippen LogP contribution < -0.4 is 5.32 Å². The largest absolute Gasteiger partial charge is 0.421 e. The predicted molar refractivity (Wildman–Crippen MR) is 73.3 cm³/mol. The summed E-state index contributed by atoms with van der Waals surface area (Å²) in [6.07, 6.45) is 1.64. The third kappa shape index (κ3) is 3.61. The Balaban J connectivity index is 1.99. The van der Waals surface area contributed by atoms with Gasteiger partial charge in [0.1, 0.15) is 0 Å². The molecule has 0 aliphatic rings. The fraction of sp³-hybridized carbons (Fsp3) is 0.385. The van der Waals surface area contributed by atoms with Crippen LogP contribution in [0.25, 0.3) is 11.5 Å². The summed E-state index contributed by atoms with van der Waals surface area (Å²) < 4.78 is 5.53. The lowest BCUT2D eigenvalue weighted by Crippen LogP contribution is -2.14. The number of aryl methyl sites for hydroxylation is 1. The van der Waals surface area contributed by atoms with Gasteiger partial charge in [0.05, 0.1) is 4.92 Å². The van der Waals surface area contributed by atoms with Crippen LogP contribution in [0.4, 0.5) is 5.69 Å². The van der Waals surface area contributed by atoms with Gasteiger partial charge in [0.15, 0.2) is 0 Å². The van der Waals surface area contributed by atoms with E-state index in [1.165, 1.54) is 12.1 Å². The number of nitro benzene ring substituents is 1. The molecule has 2 rings (SSSR count). The minimum atomic E-state index is -0.441. The van der Waals surface area contributed by atoms with Crippen LogP contribution in [0.5, 0.6) is 0 Å². The number of nitro groups is 1. The number of benzene rings is 1. The highest BCUT2D eigenvalue weighted by Crippen LogP contribution is 2.21. The van der Waals surface area contributed by atoms with Gasteiger partial charge in [-0.15, -0.1) is 10.2 Å². The summed E-state index contributed by atoms with van der Waals surface area (Å²) in [5.41, 5.74) is 0.722. The zero-order valence-corrected chi connectivity index (χ0v) is 11.2. The van der Waals surface area contributed by atoms with Crippen LogP contribution in [0.3, 0.4) is 0 Å². The summed E-state index contributed by atoms with van der Waals surface area (Å²) >= 11 is 0. The summed E-state index contributed by atoms with van der Waals surface area (Å²) in [4.78, 5) is 10.1. The second-order valence-electron chi connectivity index (χ2n) is 4.26. The van der Waals surface area contributed by atoms with Gasteiger partial charge >= 0.3 is 0 Å². The molecule has 0 amide bonds. The predicted octanol–water partition coefficient (Wildman–Crippen LogP) is 2.19. The molecule has 0 aliphatic carbocycles. The quantitative estimate of drug-likeness (QED) is 0.473. The Kier molecular flexibility index (Phi) is 4.78. The van der Waals surface area contributed by atoms with Crippen LogP contribution in [0.2, 0.25) is 0 Å². The topological polar surface area (TPSA) is 94.1 Å². The first kappa shape index (κ1) is 14.1. The minimum absolute atomic E-state index is 0.0409. The maximum Gasteiger partial charge on any atom is 0.269 e. The van der Waals surface area contributed by atoms with E-state index in [1.807, 2.05) is 0 Å². The maximum absolute atomic E-state index is 10.6. The Labute approximate surface area is 116 Å². The average Bonchev–Trinajstić information content (AvgIpc) is 2.92. The summed E-state index contributed by atoms with van der Waals surface area (Å²) in [6.45, 7) is 3.91. The Hall–Kier alpha value is -2.28. The molecule has 106 valence electrons. The highest BCUT2D eigenvalue weighted by atomic mass is 16.6. The molecule has 0 saturated carbocycles. The Morgan fingerprint density at radius 1 is 1.30 bits per heavy atom. The second-order valence-corrected chi connectivity index (χ2v) is 4.26. The molecule has 0 aliphatic heterocycles. The van der Waals surface area contributed by atoms with E-state index in [2.05, 4.69) is 22.4 Å². The molecule has 0 radical (unpaired) electrons. The van der Waals surface area contributed by atoms with Gasteiger partial charge in [-0.2, -0.15) is 0 Å². The molecule has 1 aromatic carbocycles. The van der Waals surface area contributed by atoms with Crippen molar-refractivity contribution in [2.24, 2.45) is 0 Å². The van der Waals surface area contributed by atoms with Gasteiger partial charge in [-0.25, -0.2) is 0 Å². The molecule has 7 nitrogen and oxygen atoms in total. The van der Waals surface area contributed by atoms with Crippen molar-refractivity contribution in [1.29, 1.82) is 0 Å². The van der Waals surface area contributed by atoms with Crippen LogP contribution in [-0.2, 0) is 6.42 Å². The molecule has 2 aromatic rings. The van der Waals surface area contributed by atoms with Gasteiger partial charge < -0.3 is 9.73 Å². The molecule has 1 heterocycles. The highest BCUT2D eigenvalue weighted by molar-refractivity contribution is 5.55. The molecule has 0 unspecified atom stereocenters. The maximum atomic E-state index is 10.6. The zero-order chi connectivity index (χ0) is 14.4. The first-order valence-electron chi connectivity index (χ1n) is 6.48. The van der Waals surface area contributed by atoms with Crippen molar-refractivity contribution in [3.63, 3.8) is 0 Å². The van der Waals surface area contributed by atoms with Crippen LogP contribution in [-0.4, -0.2) is 28.2 Å². The third-order valence-electron chi connectivity index (χ3n) is 2.79. The Bertz CT molecular complexity index is 565. The van der Waals surface area contributed by atoms with E-state index < -0.39 is 4.92 Å². The number of hydrogen-bond acceptors (Lipinski definition) is 6. The average molecular weight is 276 g/mol. The van der Waals surface area contributed by atoms with Gasteiger partial charge in [0.2, 0.25) is 11.8 Å². The number of hydrogen-bond donors (Lipinski definition) is 1. The second kappa shape index (κ2) is 6.76. The van der Waals surface area contributed by atoms with Gasteiger partial charge in [0.25, 0.3) is 5.69 Å². The summed E-state index contributed by atoms with van der Waals surface area (Å²) in [7, 11) is 0. The van der Waals surface area contributed by atoms with Crippen LogP contribution in [0.15, 0.2) is 28.7 Å². The highest BCUT2D eigenvalue weighted by Gasteiger charge is 2.10. The van der Waals surface area contributed by atoms with Crippen LogP contribution >= 0.6 is 0 Å². The van der Waals surface area contributed by atoms with Gasteiger partial charge in [-0.1, -0.05) is 6.92 Å². The van der Waals surface area contributed by atoms with Gasteiger partial charge in [-0.05, 0) is 31.6 Å². The normalized spacial score (nSPS) is 10.7. The van der Waals surface area contributed by atoms with E-state index in [0.717, 1.165) is 19.5 Å². The Morgan fingerprint density at radius 3 is 2.70 bits per heavy atom. The molecule has 20 heavy (non-hydrogen) atoms. The lowest BCUT2D eigenvalue weighted by molar-refractivity contribution is -0.384. The van der Waals surface area contributed by atoms with E-state index in [4.69, 9.17) is 4.42 Å². The fourth-order valence-corrected chi connectivity index (χ4v) is 1.74. The molecule has 0 saturated heterocycles. The van der Waals surface area contributed by atoms with Crippen molar-refractivity contribution in [1.82, 2.24) is 15.5 Å². The number of rotatable bonds is 7. The van der Waals surface area contributed by atoms with Crippen molar-refractivity contribution in [3.05, 3.63) is 40.3 Å². The SMILES string of the molecule is CCNCCCc1nnc(-c2ccc([N+](=O)[O-])cc2)o1. The number of nitrogens with zero attached hydrogens (tertiary/aromatic N) is 3. The van der Waals surface area contributed by atoms with Crippen molar-refractivity contribution < 1.29 is 9.34 Å². The van der Waals surface area contributed by atoms with Crippen molar-refractivity contribution >= 4 is 5.69 Å². The molecule has 0 atom stereocenters. The number of non-ortho nitro benzene ring substituents is 1. The van der Waals surface area contributed by atoms with E-state index in [0.29, 0.717) is 23.8 Å².